The summed E-state index contributed by atoms with van der Waals surface area (Å²) in [7, 11) is 1.35. The van der Waals surface area contributed by atoms with Gasteiger partial charge in [-0.2, -0.15) is 0 Å². The van der Waals surface area contributed by atoms with E-state index in [-0.39, 0.29) is 18.0 Å². The Morgan fingerprint density at radius 3 is 2.58 bits per heavy atom. The SMILES string of the molecule is CCOc1ccc(C(=O)NC[C@H]2Cc3cc(C(=O)OC)ccc3O2)cc1. The van der Waals surface area contributed by atoms with Gasteiger partial charge in [0.2, 0.25) is 0 Å². The van der Waals surface area contributed by atoms with Gasteiger partial charge in [-0.25, -0.2) is 4.79 Å². The Morgan fingerprint density at radius 2 is 1.88 bits per heavy atom. The maximum absolute atomic E-state index is 12.3. The van der Waals surface area contributed by atoms with Crippen LogP contribution >= 0.6 is 0 Å². The highest BCUT2D eigenvalue weighted by Crippen LogP contribution is 2.29. The number of ether oxygens (including phenoxy) is 3. The van der Waals surface area contributed by atoms with E-state index in [9.17, 15) is 9.59 Å². The van der Waals surface area contributed by atoms with Crippen LogP contribution in [-0.2, 0) is 11.2 Å². The van der Waals surface area contributed by atoms with Crippen molar-refractivity contribution in [1.29, 1.82) is 0 Å². The first-order valence-electron chi connectivity index (χ1n) is 8.49. The van der Waals surface area contributed by atoms with E-state index in [1.807, 2.05) is 6.92 Å². The summed E-state index contributed by atoms with van der Waals surface area (Å²) in [5.74, 6) is 0.931. The molecule has 1 amide bonds. The van der Waals surface area contributed by atoms with Crippen molar-refractivity contribution in [2.45, 2.75) is 19.4 Å². The molecule has 6 heteroatoms. The monoisotopic (exact) mass is 355 g/mol. The zero-order chi connectivity index (χ0) is 18.5. The average Bonchev–Trinajstić information content (AvgIpc) is 3.08. The van der Waals surface area contributed by atoms with Crippen molar-refractivity contribution >= 4 is 11.9 Å². The molecule has 0 radical (unpaired) electrons. The van der Waals surface area contributed by atoms with Gasteiger partial charge in [-0.3, -0.25) is 4.79 Å². The molecule has 1 atom stereocenters. The van der Waals surface area contributed by atoms with Crippen molar-refractivity contribution in [3.63, 3.8) is 0 Å². The second-order valence-electron chi connectivity index (χ2n) is 5.93. The van der Waals surface area contributed by atoms with E-state index in [4.69, 9.17) is 14.2 Å². The Hall–Kier alpha value is -3.02. The largest absolute Gasteiger partial charge is 0.494 e. The Bertz CT molecular complexity index is 800. The fraction of sp³-hybridized carbons (Fsp3) is 0.300. The molecule has 2 aromatic carbocycles. The van der Waals surface area contributed by atoms with Crippen molar-refractivity contribution in [2.75, 3.05) is 20.3 Å². The van der Waals surface area contributed by atoms with Crippen molar-refractivity contribution < 1.29 is 23.8 Å². The fourth-order valence-electron chi connectivity index (χ4n) is 2.86. The van der Waals surface area contributed by atoms with Crippen LogP contribution in [0.15, 0.2) is 42.5 Å². The van der Waals surface area contributed by atoms with Crippen LogP contribution in [0.4, 0.5) is 0 Å². The van der Waals surface area contributed by atoms with Crippen molar-refractivity contribution in [3.8, 4) is 11.5 Å². The molecule has 3 rings (SSSR count). The Balaban J connectivity index is 1.55. The van der Waals surface area contributed by atoms with Crippen LogP contribution in [0.3, 0.4) is 0 Å². The Morgan fingerprint density at radius 1 is 1.15 bits per heavy atom. The topological polar surface area (TPSA) is 73.9 Å². The summed E-state index contributed by atoms with van der Waals surface area (Å²) in [4.78, 5) is 23.9. The van der Waals surface area contributed by atoms with E-state index in [2.05, 4.69) is 5.32 Å². The molecule has 0 bridgehead atoms. The van der Waals surface area contributed by atoms with Crippen LogP contribution in [0.2, 0.25) is 0 Å². The smallest absolute Gasteiger partial charge is 0.337 e. The minimum atomic E-state index is -0.375. The van der Waals surface area contributed by atoms with Gasteiger partial charge in [0.25, 0.3) is 5.91 Å². The molecule has 136 valence electrons. The maximum atomic E-state index is 12.3. The number of methoxy groups -OCH3 is 1. The summed E-state index contributed by atoms with van der Waals surface area (Å²) >= 11 is 0. The van der Waals surface area contributed by atoms with Gasteiger partial charge in [-0.1, -0.05) is 0 Å². The Labute approximate surface area is 152 Å². The van der Waals surface area contributed by atoms with Gasteiger partial charge < -0.3 is 19.5 Å². The number of amides is 1. The molecular formula is C20H21NO5. The fourth-order valence-corrected chi connectivity index (χ4v) is 2.86. The summed E-state index contributed by atoms with van der Waals surface area (Å²) < 4.78 is 15.9. The number of fused-ring (bicyclic) bond motifs is 1. The second kappa shape index (κ2) is 7.91. The number of benzene rings is 2. The molecule has 0 saturated heterocycles. The predicted molar refractivity (Wildman–Crippen MR) is 95.8 cm³/mol. The lowest BCUT2D eigenvalue weighted by Crippen LogP contribution is -2.34. The normalized spacial score (nSPS) is 14.9. The lowest BCUT2D eigenvalue weighted by molar-refractivity contribution is 0.0600. The lowest BCUT2D eigenvalue weighted by atomic mass is 10.1. The van der Waals surface area contributed by atoms with E-state index >= 15 is 0 Å². The minimum absolute atomic E-state index is 0.162. The van der Waals surface area contributed by atoms with Crippen LogP contribution in [0, 0.1) is 0 Å². The van der Waals surface area contributed by atoms with E-state index in [0.717, 1.165) is 17.1 Å². The second-order valence-corrected chi connectivity index (χ2v) is 5.93. The molecule has 0 saturated carbocycles. The molecule has 1 aliphatic heterocycles. The van der Waals surface area contributed by atoms with Crippen LogP contribution in [0.25, 0.3) is 0 Å². The number of carbonyl (C=O) groups excluding carboxylic acids is 2. The quantitative estimate of drug-likeness (QED) is 0.807. The highest BCUT2D eigenvalue weighted by Gasteiger charge is 2.24. The van der Waals surface area contributed by atoms with Crippen LogP contribution in [-0.4, -0.2) is 38.2 Å². The standard InChI is InChI=1S/C20H21NO5/c1-3-25-16-7-4-13(5-8-16)19(22)21-12-17-11-15-10-14(20(23)24-2)6-9-18(15)26-17/h4-10,17H,3,11-12H2,1-2H3,(H,21,22)/t17-/m1/s1. The summed E-state index contributed by atoms with van der Waals surface area (Å²) in [6.07, 6.45) is 0.466. The van der Waals surface area contributed by atoms with Gasteiger partial charge in [0, 0.05) is 12.0 Å². The third-order valence-electron chi connectivity index (χ3n) is 4.14. The van der Waals surface area contributed by atoms with E-state index in [0.29, 0.717) is 30.7 Å². The Kier molecular flexibility index (Phi) is 5.41. The third-order valence-corrected chi connectivity index (χ3v) is 4.14. The third kappa shape index (κ3) is 3.96. The molecule has 0 unspecified atom stereocenters. The molecule has 0 fully saturated rings. The molecule has 26 heavy (non-hydrogen) atoms. The zero-order valence-corrected chi connectivity index (χ0v) is 14.8. The molecule has 2 aromatic rings. The van der Waals surface area contributed by atoms with Crippen LogP contribution in [0.5, 0.6) is 11.5 Å². The van der Waals surface area contributed by atoms with Gasteiger partial charge in [0.15, 0.2) is 0 Å². The number of carbonyl (C=O) groups is 2. The molecule has 1 heterocycles. The molecule has 1 aliphatic rings. The van der Waals surface area contributed by atoms with E-state index in [1.165, 1.54) is 7.11 Å². The number of rotatable bonds is 6. The number of nitrogens with one attached hydrogen (secondary N) is 1. The van der Waals surface area contributed by atoms with Gasteiger partial charge in [0.05, 0.1) is 25.8 Å². The highest BCUT2D eigenvalue weighted by atomic mass is 16.5. The summed E-state index contributed by atoms with van der Waals surface area (Å²) in [6, 6.07) is 12.2. The van der Waals surface area contributed by atoms with Crippen LogP contribution < -0.4 is 14.8 Å². The van der Waals surface area contributed by atoms with Gasteiger partial charge >= 0.3 is 5.97 Å². The maximum Gasteiger partial charge on any atom is 0.337 e. The predicted octanol–water partition coefficient (Wildman–Crippen LogP) is 2.61. The average molecular weight is 355 g/mol. The van der Waals surface area contributed by atoms with Crippen molar-refractivity contribution in [1.82, 2.24) is 5.32 Å². The van der Waals surface area contributed by atoms with Crippen molar-refractivity contribution in [3.05, 3.63) is 59.2 Å². The summed E-state index contributed by atoms with van der Waals surface area (Å²) in [6.45, 7) is 2.88. The first kappa shape index (κ1) is 17.8. The number of esters is 1. The van der Waals surface area contributed by atoms with Gasteiger partial charge in [-0.05, 0) is 55.0 Å². The molecule has 0 spiro atoms. The minimum Gasteiger partial charge on any atom is -0.494 e. The van der Waals surface area contributed by atoms with Crippen molar-refractivity contribution in [2.24, 2.45) is 0 Å². The molecule has 6 nitrogen and oxygen atoms in total. The van der Waals surface area contributed by atoms with Crippen LogP contribution in [0.1, 0.15) is 33.2 Å². The van der Waals surface area contributed by atoms with E-state index in [1.54, 1.807) is 42.5 Å². The van der Waals surface area contributed by atoms with Gasteiger partial charge in [0.1, 0.15) is 17.6 Å². The van der Waals surface area contributed by atoms with Gasteiger partial charge in [-0.15, -0.1) is 0 Å². The number of hydrogen-bond donors (Lipinski definition) is 1. The summed E-state index contributed by atoms with van der Waals surface area (Å²) in [5, 5.41) is 2.88. The number of hydrogen-bond acceptors (Lipinski definition) is 5. The first-order valence-corrected chi connectivity index (χ1v) is 8.49. The van der Waals surface area contributed by atoms with E-state index < -0.39 is 0 Å². The molecular weight excluding hydrogens is 334 g/mol. The lowest BCUT2D eigenvalue weighted by Gasteiger charge is -2.12. The summed E-state index contributed by atoms with van der Waals surface area (Å²) in [5.41, 5.74) is 2.00. The molecule has 0 aromatic heterocycles. The highest BCUT2D eigenvalue weighted by molar-refractivity contribution is 5.94. The molecule has 0 aliphatic carbocycles. The zero-order valence-electron chi connectivity index (χ0n) is 14.8. The first-order chi connectivity index (χ1) is 12.6. The molecule has 1 N–H and O–H groups in total.